The Hall–Kier alpha value is -2.72. The Morgan fingerprint density at radius 1 is 1.44 bits per heavy atom. The predicted molar refractivity (Wildman–Crippen MR) is 93.6 cm³/mol. The zero-order valence-electron chi connectivity index (χ0n) is 14.7. The normalized spacial score (nSPS) is 25.7. The number of amides is 2. The summed E-state index contributed by atoms with van der Waals surface area (Å²) in [6, 6.07) is -0.329. The number of aliphatic carboxylic acids is 1. The molecule has 27 heavy (non-hydrogen) atoms. The Morgan fingerprint density at radius 3 is 2.70 bits per heavy atom. The van der Waals surface area contributed by atoms with Crippen LogP contribution in [0, 0.1) is 11.8 Å². The molecule has 2 amide bonds. The number of imidazole rings is 1. The van der Waals surface area contributed by atoms with Crippen LogP contribution >= 0.6 is 11.3 Å². The first-order chi connectivity index (χ1) is 12.7. The van der Waals surface area contributed by atoms with Crippen LogP contribution in [0.2, 0.25) is 0 Å². The number of carboxylic acids is 1. The average Bonchev–Trinajstić information content (AvgIpc) is 3.18. The van der Waals surface area contributed by atoms with Crippen molar-refractivity contribution in [3.63, 3.8) is 0 Å². The number of aliphatic hydroxyl groups excluding tert-OH is 1. The molecule has 2 aliphatic rings. The van der Waals surface area contributed by atoms with E-state index in [1.165, 1.54) is 16.2 Å². The highest BCUT2D eigenvalue weighted by molar-refractivity contribution is 7.19. The lowest BCUT2D eigenvalue weighted by Crippen LogP contribution is -2.63. The van der Waals surface area contributed by atoms with E-state index in [0.29, 0.717) is 17.0 Å². The van der Waals surface area contributed by atoms with Gasteiger partial charge in [-0.25, -0.2) is 9.36 Å². The van der Waals surface area contributed by atoms with Gasteiger partial charge in [-0.3, -0.25) is 9.59 Å². The number of rotatable bonds is 5. The van der Waals surface area contributed by atoms with Gasteiger partial charge < -0.3 is 20.8 Å². The summed E-state index contributed by atoms with van der Waals surface area (Å²) in [5.41, 5.74) is 5.93. The van der Waals surface area contributed by atoms with E-state index in [9.17, 15) is 24.6 Å². The van der Waals surface area contributed by atoms with Gasteiger partial charge >= 0.3 is 5.97 Å². The van der Waals surface area contributed by atoms with Gasteiger partial charge in [0.1, 0.15) is 29.5 Å². The van der Waals surface area contributed by atoms with Crippen molar-refractivity contribution in [3.8, 4) is 0 Å². The van der Waals surface area contributed by atoms with Crippen LogP contribution in [-0.2, 0) is 16.1 Å². The monoisotopic (exact) mass is 391 g/mol. The summed E-state index contributed by atoms with van der Waals surface area (Å²) in [4.78, 5) is 38.0. The molecule has 2 aromatic heterocycles. The van der Waals surface area contributed by atoms with Crippen molar-refractivity contribution in [1.82, 2.24) is 9.30 Å². The number of fused-ring (bicyclic) bond motifs is 2. The molecule has 4 heterocycles. The minimum Gasteiger partial charge on any atom is -0.477 e. The van der Waals surface area contributed by atoms with Gasteiger partial charge in [0, 0.05) is 11.5 Å². The lowest BCUT2D eigenvalue weighted by molar-refractivity contribution is -0.688. The van der Waals surface area contributed by atoms with E-state index in [0.717, 1.165) is 4.83 Å². The van der Waals surface area contributed by atoms with Crippen molar-refractivity contribution < 1.29 is 29.2 Å². The predicted octanol–water partition coefficient (Wildman–Crippen LogP) is -0.417. The highest BCUT2D eigenvalue weighted by Crippen LogP contribution is 2.47. The number of aliphatic hydroxyl groups is 1. The van der Waals surface area contributed by atoms with E-state index < -0.39 is 23.9 Å². The van der Waals surface area contributed by atoms with Crippen LogP contribution in [0.5, 0.6) is 0 Å². The molecule has 4 atom stereocenters. The quantitative estimate of drug-likeness (QED) is 0.471. The third-order valence-corrected chi connectivity index (χ3v) is 6.44. The second kappa shape index (κ2) is 5.89. The molecule has 0 bridgehead atoms. The summed E-state index contributed by atoms with van der Waals surface area (Å²) in [6.45, 7) is 3.74. The van der Waals surface area contributed by atoms with Crippen molar-refractivity contribution in [3.05, 3.63) is 34.9 Å². The number of thiazole rings is 1. The lowest BCUT2D eigenvalue weighted by Gasteiger charge is -2.46. The summed E-state index contributed by atoms with van der Waals surface area (Å²) < 4.78 is 3.57. The zero-order chi connectivity index (χ0) is 19.6. The molecule has 0 radical (unpaired) electrons. The van der Waals surface area contributed by atoms with Crippen molar-refractivity contribution in [2.45, 2.75) is 32.5 Å². The molecule has 1 fully saturated rings. The first-order valence-corrected chi connectivity index (χ1v) is 9.30. The maximum atomic E-state index is 12.4. The standard InChI is InChI=1S/C17H18N4O5S/c1-7-9(3-19-5-11-20(6-19)4-10(27-11)15(18)23)14(17(25)26)21-13(7)12(8(2)22)16(21)24/h4-8,12-13,22H,3H2,1-2H3,(H2-,18,23,25,26)/p+1/t7-,8+,12+,13+/m0/s1. The summed E-state index contributed by atoms with van der Waals surface area (Å²) in [7, 11) is 0. The van der Waals surface area contributed by atoms with Crippen molar-refractivity contribution in [2.75, 3.05) is 0 Å². The summed E-state index contributed by atoms with van der Waals surface area (Å²) >= 11 is 1.25. The third kappa shape index (κ3) is 2.47. The first kappa shape index (κ1) is 17.7. The van der Waals surface area contributed by atoms with E-state index in [4.69, 9.17) is 5.73 Å². The SMILES string of the molecule is C[C@@H](O)[C@H]1C(=O)N2C(C(=O)O)=C(C[n+]3cc4sc(C(N)=O)cn4c3)[C@H](C)[C@H]12. The fourth-order valence-corrected chi connectivity index (χ4v) is 5.04. The molecule has 4 rings (SSSR count). The van der Waals surface area contributed by atoms with Gasteiger partial charge in [0.2, 0.25) is 17.1 Å². The Labute approximate surface area is 157 Å². The Morgan fingerprint density at radius 2 is 2.15 bits per heavy atom. The fraction of sp³-hybridized carbons (Fsp3) is 0.412. The molecule has 4 N–H and O–H groups in total. The van der Waals surface area contributed by atoms with Crippen LogP contribution in [0.25, 0.3) is 4.83 Å². The average molecular weight is 391 g/mol. The lowest BCUT2D eigenvalue weighted by atomic mass is 9.78. The van der Waals surface area contributed by atoms with Crippen LogP contribution in [-0.4, -0.2) is 49.4 Å². The van der Waals surface area contributed by atoms with Crippen molar-refractivity contribution in [2.24, 2.45) is 17.6 Å². The summed E-state index contributed by atoms with van der Waals surface area (Å²) in [6.07, 6.45) is 4.36. The summed E-state index contributed by atoms with van der Waals surface area (Å²) in [5, 5.41) is 19.6. The Kier molecular flexibility index (Phi) is 3.86. The molecule has 10 heteroatoms. The molecule has 0 saturated carbocycles. The minimum atomic E-state index is -1.14. The van der Waals surface area contributed by atoms with E-state index in [1.807, 2.05) is 11.5 Å². The van der Waals surface area contributed by atoms with Gasteiger partial charge in [-0.15, -0.1) is 0 Å². The van der Waals surface area contributed by atoms with Crippen molar-refractivity contribution in [1.29, 1.82) is 0 Å². The largest absolute Gasteiger partial charge is 0.477 e. The van der Waals surface area contributed by atoms with Gasteiger partial charge in [-0.05, 0) is 6.92 Å². The highest BCUT2D eigenvalue weighted by Gasteiger charge is 2.60. The second-order valence-electron chi connectivity index (χ2n) is 7.05. The maximum Gasteiger partial charge on any atom is 0.352 e. The zero-order valence-corrected chi connectivity index (χ0v) is 15.5. The smallest absolute Gasteiger partial charge is 0.352 e. The highest BCUT2D eigenvalue weighted by atomic mass is 32.1. The number of primary amides is 1. The number of nitrogens with zero attached hydrogens (tertiary/aromatic N) is 3. The maximum absolute atomic E-state index is 12.4. The molecule has 2 aromatic rings. The number of hydrogen-bond donors (Lipinski definition) is 3. The molecule has 9 nitrogen and oxygen atoms in total. The van der Waals surface area contributed by atoms with Gasteiger partial charge in [-0.2, -0.15) is 4.40 Å². The van der Waals surface area contributed by atoms with E-state index >= 15 is 0 Å². The topological polar surface area (TPSA) is 129 Å². The molecule has 0 aromatic carbocycles. The van der Waals surface area contributed by atoms with Gasteiger partial charge in [0.25, 0.3) is 5.91 Å². The van der Waals surface area contributed by atoms with Gasteiger partial charge in [0.05, 0.1) is 18.1 Å². The fourth-order valence-electron chi connectivity index (χ4n) is 4.15. The van der Waals surface area contributed by atoms with E-state index in [1.54, 1.807) is 30.0 Å². The number of nitrogens with two attached hydrogens (primary N) is 1. The molecule has 142 valence electrons. The van der Waals surface area contributed by atoms with Gasteiger partial charge in [0.15, 0.2) is 0 Å². The van der Waals surface area contributed by atoms with Crippen molar-refractivity contribution >= 4 is 34.0 Å². The number of carbonyl (C=O) groups is 3. The molecular weight excluding hydrogens is 372 g/mol. The van der Waals surface area contributed by atoms with E-state index in [-0.39, 0.29) is 23.6 Å². The second-order valence-corrected chi connectivity index (χ2v) is 8.12. The number of carbonyl (C=O) groups excluding carboxylic acids is 2. The van der Waals surface area contributed by atoms with Crippen LogP contribution < -0.4 is 10.3 Å². The van der Waals surface area contributed by atoms with Crippen LogP contribution in [0.15, 0.2) is 30.0 Å². The Bertz CT molecular complexity index is 988. The molecule has 0 aliphatic carbocycles. The number of aromatic nitrogens is 2. The van der Waals surface area contributed by atoms with Crippen LogP contribution in [0.1, 0.15) is 23.5 Å². The molecule has 1 saturated heterocycles. The third-order valence-electron chi connectivity index (χ3n) is 5.39. The molecule has 2 aliphatic heterocycles. The number of β-lactam (4-membered cyclic amide) rings is 1. The Balaban J connectivity index is 1.68. The van der Waals surface area contributed by atoms with Gasteiger partial charge in [-0.1, -0.05) is 18.3 Å². The first-order valence-electron chi connectivity index (χ1n) is 8.48. The van der Waals surface area contributed by atoms with Crippen LogP contribution in [0.4, 0.5) is 0 Å². The molecular formula is C17H19N4O5S+. The van der Waals surface area contributed by atoms with E-state index in [2.05, 4.69) is 0 Å². The number of carboxylic acid groups (broad SMARTS) is 1. The number of hydrogen-bond acceptors (Lipinski definition) is 5. The summed E-state index contributed by atoms with van der Waals surface area (Å²) in [5.74, 6) is -2.74. The molecule has 0 spiro atoms. The molecule has 0 unspecified atom stereocenters. The minimum absolute atomic E-state index is 0.00859. The van der Waals surface area contributed by atoms with Crippen LogP contribution in [0.3, 0.4) is 0 Å².